The van der Waals surface area contributed by atoms with Crippen molar-refractivity contribution >= 4 is 17.4 Å². The maximum atomic E-state index is 8.36. The molecule has 4 rings (SSSR count). The first-order valence-corrected chi connectivity index (χ1v) is 14.3. The molecule has 0 radical (unpaired) electrons. The summed E-state index contributed by atoms with van der Waals surface area (Å²) in [7, 11) is 11.0. The van der Waals surface area contributed by atoms with E-state index in [0.717, 1.165) is 57.5 Å². The number of fused-ring (bicyclic) bond motifs is 1. The Kier molecular flexibility index (Phi) is 20.4. The third kappa shape index (κ3) is 13.0. The fraction of sp³-hybridized carbons (Fsp3) is 0.710. The van der Waals surface area contributed by atoms with E-state index in [2.05, 4.69) is 71.4 Å². The summed E-state index contributed by atoms with van der Waals surface area (Å²) in [6.45, 7) is 16.6. The molecule has 0 aliphatic carbocycles. The lowest BCUT2D eigenvalue weighted by molar-refractivity contribution is -0.189. The van der Waals surface area contributed by atoms with Gasteiger partial charge >= 0.3 is 0 Å². The van der Waals surface area contributed by atoms with Gasteiger partial charge in [0.1, 0.15) is 5.75 Å². The van der Waals surface area contributed by atoms with Crippen LogP contribution in [0, 0.1) is 11.3 Å². The molecule has 2 saturated heterocycles. The number of rotatable bonds is 10. The van der Waals surface area contributed by atoms with Gasteiger partial charge in [0.25, 0.3) is 6.47 Å². The minimum absolute atomic E-state index is 0.250. The minimum Gasteiger partial charge on any atom is -0.497 e. The Morgan fingerprint density at radius 1 is 1.12 bits per heavy atom. The maximum Gasteiger partial charge on any atom is 0.290 e. The topological polar surface area (TPSA) is 85.6 Å². The number of carboxylic acid groups (broad SMARTS) is 1. The van der Waals surface area contributed by atoms with Crippen molar-refractivity contribution in [1.29, 1.82) is 0 Å². The summed E-state index contributed by atoms with van der Waals surface area (Å²) in [5, 5.41) is 8.22. The van der Waals surface area contributed by atoms with Crippen molar-refractivity contribution in [2.75, 3.05) is 88.5 Å². The Morgan fingerprint density at radius 3 is 2.15 bits per heavy atom. The van der Waals surface area contributed by atoms with E-state index >= 15 is 0 Å². The van der Waals surface area contributed by atoms with Gasteiger partial charge in [-0.3, -0.25) is 4.79 Å². The Bertz CT molecular complexity index is 906. The molecule has 2 aliphatic heterocycles. The molecule has 232 valence electrons. The van der Waals surface area contributed by atoms with Crippen LogP contribution in [0.4, 0.5) is 0 Å². The van der Waals surface area contributed by atoms with E-state index < -0.39 is 0 Å². The van der Waals surface area contributed by atoms with Crippen LogP contribution in [0.3, 0.4) is 0 Å². The first kappa shape index (κ1) is 37.8. The molecule has 40 heavy (non-hydrogen) atoms. The van der Waals surface area contributed by atoms with Gasteiger partial charge in [-0.15, -0.1) is 0 Å². The third-order valence-electron chi connectivity index (χ3n) is 6.74. The summed E-state index contributed by atoms with van der Waals surface area (Å²) in [4.78, 5) is 13.2. The summed E-state index contributed by atoms with van der Waals surface area (Å²) in [6.07, 6.45) is 4.62. The number of methoxy groups -OCH3 is 3. The molecular weight excluding hydrogens is 510 g/mol. The maximum absolute atomic E-state index is 8.36. The number of likely N-dealkylation sites (tertiary alicyclic amines) is 1. The van der Waals surface area contributed by atoms with Crippen molar-refractivity contribution < 1.29 is 28.8 Å². The van der Waals surface area contributed by atoms with E-state index in [9.17, 15) is 0 Å². The Morgan fingerprint density at radius 2 is 1.73 bits per heavy atom. The van der Waals surface area contributed by atoms with Gasteiger partial charge in [-0.05, 0) is 50.2 Å². The third-order valence-corrected chi connectivity index (χ3v) is 6.74. The van der Waals surface area contributed by atoms with Crippen molar-refractivity contribution in [3.8, 4) is 5.75 Å². The highest BCUT2D eigenvalue weighted by Crippen LogP contribution is 2.37. The quantitative estimate of drug-likeness (QED) is 0.412. The standard InChI is InChI=1S/C20H29N3O2.C6H14O.C2H6O.C2H6.CH2O2/c1-21(2)7-6-16-11-23(19-5-4-17(24-3)10-18(16)19)9-8-22-12-20(13-22)14-25-15-20;1-4-6(2)5-7-3;1-3-2;1-2;2-1-3/h4-5,10-11H,6-9,12-15H2,1-3H3;6H,4-5H2,1-3H3;1-2H3;1-2H3;1H,(H,2,3). The van der Waals surface area contributed by atoms with Crippen molar-refractivity contribution in [3.63, 3.8) is 0 Å². The predicted octanol–water partition coefficient (Wildman–Crippen LogP) is 4.75. The van der Waals surface area contributed by atoms with E-state index in [1.54, 1.807) is 28.4 Å². The van der Waals surface area contributed by atoms with Gasteiger partial charge < -0.3 is 38.4 Å². The van der Waals surface area contributed by atoms with Gasteiger partial charge in [0, 0.05) is 83.2 Å². The summed E-state index contributed by atoms with van der Waals surface area (Å²) in [5.74, 6) is 1.66. The molecule has 1 N–H and O–H groups in total. The summed E-state index contributed by atoms with van der Waals surface area (Å²) in [5.41, 5.74) is 3.23. The van der Waals surface area contributed by atoms with Crippen LogP contribution in [-0.2, 0) is 32.0 Å². The number of hydrogen-bond acceptors (Lipinski definition) is 7. The molecule has 1 spiro atoms. The number of benzene rings is 1. The van der Waals surface area contributed by atoms with Gasteiger partial charge in [-0.2, -0.15) is 0 Å². The molecule has 0 saturated carbocycles. The van der Waals surface area contributed by atoms with Gasteiger partial charge in [-0.25, -0.2) is 0 Å². The van der Waals surface area contributed by atoms with Crippen LogP contribution >= 0.6 is 0 Å². The fourth-order valence-electron chi connectivity index (χ4n) is 4.49. The summed E-state index contributed by atoms with van der Waals surface area (Å²) < 4.78 is 22.4. The van der Waals surface area contributed by atoms with E-state index in [1.807, 2.05) is 13.8 Å². The molecule has 2 fully saturated rings. The number of carbonyl (C=O) groups is 1. The van der Waals surface area contributed by atoms with Crippen molar-refractivity contribution in [1.82, 2.24) is 14.4 Å². The molecule has 9 heteroatoms. The smallest absolute Gasteiger partial charge is 0.290 e. The Balaban J connectivity index is 0.000000851. The zero-order chi connectivity index (χ0) is 30.6. The molecule has 0 bridgehead atoms. The van der Waals surface area contributed by atoms with Crippen LogP contribution in [0.15, 0.2) is 24.4 Å². The van der Waals surface area contributed by atoms with Crippen LogP contribution in [0.2, 0.25) is 0 Å². The van der Waals surface area contributed by atoms with Crippen molar-refractivity contribution in [2.24, 2.45) is 11.3 Å². The molecule has 0 amide bonds. The Hall–Kier alpha value is -2.17. The molecule has 1 aromatic heterocycles. The molecule has 2 aliphatic rings. The summed E-state index contributed by atoms with van der Waals surface area (Å²) in [6, 6.07) is 6.45. The van der Waals surface area contributed by atoms with Crippen LogP contribution in [-0.4, -0.2) is 114 Å². The zero-order valence-electron chi connectivity index (χ0n) is 26.9. The normalized spacial score (nSPS) is 15.5. The highest BCUT2D eigenvalue weighted by atomic mass is 16.5. The van der Waals surface area contributed by atoms with E-state index in [0.29, 0.717) is 5.41 Å². The van der Waals surface area contributed by atoms with Crippen LogP contribution in [0.25, 0.3) is 10.9 Å². The fourth-order valence-corrected chi connectivity index (χ4v) is 4.49. The van der Waals surface area contributed by atoms with Crippen molar-refractivity contribution in [3.05, 3.63) is 30.0 Å². The van der Waals surface area contributed by atoms with E-state index in [1.165, 1.54) is 36.0 Å². The number of aromatic nitrogens is 1. The average Bonchev–Trinajstić information content (AvgIpc) is 3.25. The molecule has 1 unspecified atom stereocenters. The lowest BCUT2D eigenvalue weighted by atomic mass is 9.78. The minimum atomic E-state index is -0.250. The average molecular weight is 568 g/mol. The second-order valence-corrected chi connectivity index (χ2v) is 10.5. The molecular formula is C31H57N3O6. The molecule has 3 heterocycles. The second kappa shape index (κ2) is 21.6. The van der Waals surface area contributed by atoms with Gasteiger partial charge in [0.2, 0.25) is 0 Å². The number of likely N-dealkylation sites (N-methyl/N-ethyl adjacent to an activating group) is 1. The van der Waals surface area contributed by atoms with Crippen LogP contribution in [0.1, 0.15) is 39.7 Å². The van der Waals surface area contributed by atoms with Gasteiger partial charge in [0.15, 0.2) is 0 Å². The lowest BCUT2D eigenvalue weighted by Gasteiger charge is -2.55. The lowest BCUT2D eigenvalue weighted by Crippen LogP contribution is -2.66. The first-order chi connectivity index (χ1) is 19.2. The summed E-state index contributed by atoms with van der Waals surface area (Å²) >= 11 is 0. The van der Waals surface area contributed by atoms with Gasteiger partial charge in [-0.1, -0.05) is 34.1 Å². The molecule has 1 aromatic carbocycles. The zero-order valence-corrected chi connectivity index (χ0v) is 26.9. The highest BCUT2D eigenvalue weighted by molar-refractivity contribution is 5.85. The second-order valence-electron chi connectivity index (χ2n) is 10.5. The Labute approximate surface area is 243 Å². The molecule has 9 nitrogen and oxygen atoms in total. The molecule has 1 atom stereocenters. The van der Waals surface area contributed by atoms with Crippen LogP contribution in [0.5, 0.6) is 5.75 Å². The van der Waals surface area contributed by atoms with E-state index in [-0.39, 0.29) is 6.47 Å². The number of nitrogens with zero attached hydrogens (tertiary/aromatic N) is 3. The van der Waals surface area contributed by atoms with Crippen molar-refractivity contribution in [2.45, 2.75) is 47.1 Å². The largest absolute Gasteiger partial charge is 0.497 e. The number of hydrogen-bond donors (Lipinski definition) is 1. The predicted molar refractivity (Wildman–Crippen MR) is 165 cm³/mol. The SMILES string of the molecule is CC.CCC(C)COC.COC.COc1ccc2c(c1)c(CCN(C)C)cn2CCN1CC2(COC2)C1.O=CO. The van der Waals surface area contributed by atoms with Gasteiger partial charge in [0.05, 0.1) is 20.3 Å². The highest BCUT2D eigenvalue weighted by Gasteiger charge is 2.48. The molecule has 2 aromatic rings. The first-order valence-electron chi connectivity index (χ1n) is 14.3. The van der Waals surface area contributed by atoms with Crippen LogP contribution < -0.4 is 4.74 Å². The number of ether oxygens (including phenoxy) is 4. The van der Waals surface area contributed by atoms with E-state index in [4.69, 9.17) is 24.1 Å². The monoisotopic (exact) mass is 567 g/mol.